The average molecular weight is 312 g/mol. The van der Waals surface area contributed by atoms with E-state index in [4.69, 9.17) is 0 Å². The van der Waals surface area contributed by atoms with Crippen LogP contribution in [0.1, 0.15) is 24.2 Å². The fraction of sp³-hybridized carbons (Fsp3) is 0.444. The summed E-state index contributed by atoms with van der Waals surface area (Å²) in [5.41, 5.74) is 1.36. The Morgan fingerprint density at radius 3 is 3.00 bits per heavy atom. The summed E-state index contributed by atoms with van der Waals surface area (Å²) in [6, 6.07) is 10.5. The number of aryl methyl sites for hydroxylation is 2. The summed E-state index contributed by atoms with van der Waals surface area (Å²) in [4.78, 5) is 16.4. The van der Waals surface area contributed by atoms with Crippen molar-refractivity contribution in [2.75, 3.05) is 13.1 Å². The number of hydrogen-bond donors (Lipinski definition) is 2. The minimum Gasteiger partial charge on any atom is -0.349 e. The molecule has 0 bridgehead atoms. The average Bonchev–Trinajstić information content (AvgIpc) is 3.26. The lowest BCUT2D eigenvalue weighted by molar-refractivity contribution is -0.124. The lowest BCUT2D eigenvalue weighted by Crippen LogP contribution is -2.32. The van der Waals surface area contributed by atoms with Crippen LogP contribution in [0.4, 0.5) is 0 Å². The van der Waals surface area contributed by atoms with Crippen LogP contribution in [0.3, 0.4) is 0 Å². The summed E-state index contributed by atoms with van der Waals surface area (Å²) in [7, 11) is 0. The number of imidazole rings is 1. The maximum atomic E-state index is 12.1. The molecule has 1 fully saturated rings. The molecule has 2 N–H and O–H groups in total. The van der Waals surface area contributed by atoms with Crippen molar-refractivity contribution in [2.24, 2.45) is 5.92 Å². The van der Waals surface area contributed by atoms with E-state index in [1.54, 1.807) is 6.20 Å². The Balaban J connectivity index is 1.46. The molecule has 2 heterocycles. The van der Waals surface area contributed by atoms with Gasteiger partial charge in [-0.05, 0) is 31.4 Å². The third-order valence-corrected chi connectivity index (χ3v) is 4.36. The van der Waals surface area contributed by atoms with Gasteiger partial charge in [-0.15, -0.1) is 0 Å². The van der Waals surface area contributed by atoms with Gasteiger partial charge in [0.15, 0.2) is 0 Å². The predicted octanol–water partition coefficient (Wildman–Crippen LogP) is 1.74. The zero-order valence-electron chi connectivity index (χ0n) is 13.4. The van der Waals surface area contributed by atoms with Gasteiger partial charge in [0, 0.05) is 25.5 Å². The number of nitrogens with zero attached hydrogens (tertiary/aromatic N) is 2. The summed E-state index contributed by atoms with van der Waals surface area (Å²) < 4.78 is 2.14. The van der Waals surface area contributed by atoms with Gasteiger partial charge in [0.1, 0.15) is 5.82 Å². The Morgan fingerprint density at radius 2 is 2.22 bits per heavy atom. The van der Waals surface area contributed by atoms with E-state index >= 15 is 0 Å². The summed E-state index contributed by atoms with van der Waals surface area (Å²) in [5.74, 6) is 1.17. The molecule has 1 saturated heterocycles. The maximum absolute atomic E-state index is 12.1. The standard InChI is InChI=1S/C18H24N4O/c23-18(16-8-9-19-13-16)21-14-17-20-10-12-22(17)11-4-7-15-5-2-1-3-6-15/h1-3,5-6,10,12,16,19H,4,7-9,11,13-14H2,(H,21,23). The van der Waals surface area contributed by atoms with Crippen LogP contribution in [-0.2, 0) is 24.3 Å². The van der Waals surface area contributed by atoms with E-state index in [1.807, 2.05) is 12.3 Å². The van der Waals surface area contributed by atoms with Crippen molar-refractivity contribution in [2.45, 2.75) is 32.4 Å². The van der Waals surface area contributed by atoms with Crippen molar-refractivity contribution >= 4 is 5.91 Å². The highest BCUT2D eigenvalue weighted by atomic mass is 16.1. The number of amides is 1. The van der Waals surface area contributed by atoms with Crippen LogP contribution in [0, 0.1) is 5.92 Å². The Bertz CT molecular complexity index is 617. The minimum atomic E-state index is 0.108. The van der Waals surface area contributed by atoms with Crippen molar-refractivity contribution in [1.29, 1.82) is 0 Å². The van der Waals surface area contributed by atoms with E-state index in [-0.39, 0.29) is 11.8 Å². The number of rotatable bonds is 7. The van der Waals surface area contributed by atoms with E-state index in [1.165, 1.54) is 5.56 Å². The van der Waals surface area contributed by atoms with Crippen LogP contribution >= 0.6 is 0 Å². The van der Waals surface area contributed by atoms with Crippen LogP contribution in [-0.4, -0.2) is 28.5 Å². The van der Waals surface area contributed by atoms with Crippen LogP contribution in [0.5, 0.6) is 0 Å². The molecule has 1 aromatic heterocycles. The number of carbonyl (C=O) groups excluding carboxylic acids is 1. The Labute approximate surface area is 137 Å². The number of hydrogen-bond acceptors (Lipinski definition) is 3. The van der Waals surface area contributed by atoms with Crippen LogP contribution in [0.15, 0.2) is 42.7 Å². The molecule has 3 rings (SSSR count). The maximum Gasteiger partial charge on any atom is 0.224 e. The van der Waals surface area contributed by atoms with Gasteiger partial charge in [-0.3, -0.25) is 4.79 Å². The van der Waals surface area contributed by atoms with Crippen LogP contribution in [0.2, 0.25) is 0 Å². The number of nitrogens with one attached hydrogen (secondary N) is 2. The largest absolute Gasteiger partial charge is 0.349 e. The predicted molar refractivity (Wildman–Crippen MR) is 89.8 cm³/mol. The first kappa shape index (κ1) is 15.7. The molecule has 5 nitrogen and oxygen atoms in total. The quantitative estimate of drug-likeness (QED) is 0.819. The van der Waals surface area contributed by atoms with Crippen LogP contribution in [0.25, 0.3) is 0 Å². The normalized spacial score (nSPS) is 17.3. The highest BCUT2D eigenvalue weighted by molar-refractivity contribution is 5.79. The van der Waals surface area contributed by atoms with Gasteiger partial charge < -0.3 is 15.2 Å². The van der Waals surface area contributed by atoms with Crippen molar-refractivity contribution in [3.63, 3.8) is 0 Å². The molecule has 1 aliphatic heterocycles. The minimum absolute atomic E-state index is 0.108. The Hall–Kier alpha value is -2.14. The molecular formula is C18H24N4O. The summed E-state index contributed by atoms with van der Waals surface area (Å²) in [5, 5.41) is 6.23. The molecule has 0 radical (unpaired) electrons. The molecule has 2 aromatic rings. The second-order valence-electron chi connectivity index (χ2n) is 6.03. The van der Waals surface area contributed by atoms with Gasteiger partial charge in [-0.2, -0.15) is 0 Å². The zero-order chi connectivity index (χ0) is 15.9. The van der Waals surface area contributed by atoms with Gasteiger partial charge >= 0.3 is 0 Å². The first-order valence-electron chi connectivity index (χ1n) is 8.35. The molecule has 0 saturated carbocycles. The fourth-order valence-corrected chi connectivity index (χ4v) is 3.00. The van der Waals surface area contributed by atoms with Crippen molar-refractivity contribution in [1.82, 2.24) is 20.2 Å². The second-order valence-corrected chi connectivity index (χ2v) is 6.03. The van der Waals surface area contributed by atoms with Gasteiger partial charge in [-0.25, -0.2) is 4.98 Å². The van der Waals surface area contributed by atoms with E-state index < -0.39 is 0 Å². The van der Waals surface area contributed by atoms with Crippen LogP contribution < -0.4 is 10.6 Å². The highest BCUT2D eigenvalue weighted by Crippen LogP contribution is 2.09. The van der Waals surface area contributed by atoms with Gasteiger partial charge in [0.2, 0.25) is 5.91 Å². The smallest absolute Gasteiger partial charge is 0.224 e. The van der Waals surface area contributed by atoms with E-state index in [2.05, 4.69) is 44.5 Å². The number of aromatic nitrogens is 2. The summed E-state index contributed by atoms with van der Waals surface area (Å²) in [6.07, 6.45) is 6.84. The Morgan fingerprint density at radius 1 is 1.35 bits per heavy atom. The molecule has 0 spiro atoms. The lowest BCUT2D eigenvalue weighted by atomic mass is 10.1. The van der Waals surface area contributed by atoms with Crippen molar-refractivity contribution < 1.29 is 4.79 Å². The molecule has 1 amide bonds. The molecular weight excluding hydrogens is 288 g/mol. The lowest BCUT2D eigenvalue weighted by Gasteiger charge is -2.11. The van der Waals surface area contributed by atoms with Crippen molar-refractivity contribution in [3.8, 4) is 0 Å². The first-order chi connectivity index (χ1) is 11.3. The van der Waals surface area contributed by atoms with Gasteiger partial charge in [0.05, 0.1) is 12.5 Å². The van der Waals surface area contributed by atoms with Gasteiger partial charge in [0.25, 0.3) is 0 Å². The molecule has 23 heavy (non-hydrogen) atoms. The molecule has 122 valence electrons. The van der Waals surface area contributed by atoms with E-state index in [0.29, 0.717) is 6.54 Å². The third kappa shape index (κ3) is 4.42. The molecule has 1 aliphatic rings. The van der Waals surface area contributed by atoms with E-state index in [9.17, 15) is 4.79 Å². The molecule has 5 heteroatoms. The third-order valence-electron chi connectivity index (χ3n) is 4.36. The number of benzene rings is 1. The van der Waals surface area contributed by atoms with Crippen molar-refractivity contribution in [3.05, 3.63) is 54.1 Å². The SMILES string of the molecule is O=C(NCc1nccn1CCCc1ccccc1)C1CCNC1. The Kier molecular flexibility index (Phi) is 5.42. The summed E-state index contributed by atoms with van der Waals surface area (Å²) in [6.45, 7) is 3.16. The monoisotopic (exact) mass is 312 g/mol. The molecule has 1 atom stereocenters. The summed E-state index contributed by atoms with van der Waals surface area (Å²) >= 11 is 0. The topological polar surface area (TPSA) is 59.0 Å². The zero-order valence-corrected chi connectivity index (χ0v) is 13.4. The van der Waals surface area contributed by atoms with E-state index in [0.717, 1.165) is 44.7 Å². The molecule has 1 unspecified atom stereocenters. The molecule has 1 aromatic carbocycles. The first-order valence-corrected chi connectivity index (χ1v) is 8.35. The highest BCUT2D eigenvalue weighted by Gasteiger charge is 2.22. The van der Waals surface area contributed by atoms with Gasteiger partial charge in [-0.1, -0.05) is 30.3 Å². The number of carbonyl (C=O) groups is 1. The fourth-order valence-electron chi connectivity index (χ4n) is 3.00. The second kappa shape index (κ2) is 7.92. The molecule has 0 aliphatic carbocycles.